The van der Waals surface area contributed by atoms with Crippen molar-refractivity contribution in [3.63, 3.8) is 0 Å². The van der Waals surface area contributed by atoms with E-state index < -0.39 is 21.7 Å². The number of hydrogen-bond acceptors (Lipinski definition) is 4. The Labute approximate surface area is 141 Å². The van der Waals surface area contributed by atoms with Crippen LogP contribution in [0.5, 0.6) is 0 Å². The number of anilines is 1. The number of morpholine rings is 1. The lowest BCUT2D eigenvalue weighted by atomic mass is 10.3. The molecule has 0 atom stereocenters. The van der Waals surface area contributed by atoms with Gasteiger partial charge in [0, 0.05) is 0 Å². The molecule has 134 valence electrons. The highest BCUT2D eigenvalue weighted by Gasteiger charge is 2.21. The van der Waals surface area contributed by atoms with Crippen molar-refractivity contribution in [3.05, 3.63) is 30.1 Å². The second-order valence-electron chi connectivity index (χ2n) is 5.71. The zero-order chi connectivity index (χ0) is 17.6. The van der Waals surface area contributed by atoms with Crippen LogP contribution in [0.15, 0.2) is 24.3 Å². The Morgan fingerprint density at radius 3 is 2.50 bits per heavy atom. The average molecular weight is 360 g/mol. The molecule has 24 heavy (non-hydrogen) atoms. The lowest BCUT2D eigenvalue weighted by Crippen LogP contribution is -3.14. The minimum absolute atomic E-state index is 0.257. The Kier molecular flexibility index (Phi) is 6.52. The van der Waals surface area contributed by atoms with Gasteiger partial charge in [0.2, 0.25) is 15.9 Å². The van der Waals surface area contributed by atoms with E-state index in [9.17, 15) is 17.6 Å². The molecule has 0 aliphatic carbocycles. The number of sulfonamides is 1. The fraction of sp³-hybridized carbons (Fsp3) is 0.533. The van der Waals surface area contributed by atoms with Gasteiger partial charge in [-0.25, -0.2) is 12.8 Å². The first-order chi connectivity index (χ1) is 11.4. The second-order valence-corrected chi connectivity index (χ2v) is 7.62. The third kappa shape index (κ3) is 5.73. The van der Waals surface area contributed by atoms with E-state index in [1.807, 2.05) is 0 Å². The van der Waals surface area contributed by atoms with E-state index in [-0.39, 0.29) is 12.2 Å². The molecule has 1 aromatic rings. The molecule has 1 amide bonds. The number of nitrogens with zero attached hydrogens (tertiary/aromatic N) is 1. The summed E-state index contributed by atoms with van der Waals surface area (Å²) in [5.41, 5.74) is 0.257. The van der Waals surface area contributed by atoms with Crippen molar-refractivity contribution in [3.8, 4) is 0 Å². The van der Waals surface area contributed by atoms with E-state index in [1.165, 1.54) is 17.0 Å². The smallest absolute Gasteiger partial charge is 0.240 e. The first kappa shape index (κ1) is 18.6. The standard InChI is InChI=1S/C15H22FN3O4S/c1-24(21,22)19(14-4-2-13(16)3-5-14)12-15(20)17-6-7-18-8-10-23-11-9-18/h2-5H,6-12H2,1H3,(H,17,20)/p+1. The molecule has 0 unspecified atom stereocenters. The number of ether oxygens (including phenoxy) is 1. The van der Waals surface area contributed by atoms with Crippen molar-refractivity contribution in [2.24, 2.45) is 0 Å². The maximum atomic E-state index is 13.0. The predicted molar refractivity (Wildman–Crippen MR) is 88.0 cm³/mol. The van der Waals surface area contributed by atoms with Crippen molar-refractivity contribution in [1.82, 2.24) is 5.32 Å². The topological polar surface area (TPSA) is 80.2 Å². The largest absolute Gasteiger partial charge is 0.370 e. The van der Waals surface area contributed by atoms with Crippen LogP contribution in [0.2, 0.25) is 0 Å². The summed E-state index contributed by atoms with van der Waals surface area (Å²) in [5, 5.41) is 2.73. The third-order valence-electron chi connectivity index (χ3n) is 3.80. The molecule has 1 saturated heterocycles. The van der Waals surface area contributed by atoms with E-state index in [4.69, 9.17) is 4.74 Å². The summed E-state index contributed by atoms with van der Waals surface area (Å²) < 4.78 is 43.0. The normalized spacial score (nSPS) is 15.9. The summed E-state index contributed by atoms with van der Waals surface area (Å²) in [6.07, 6.45) is 1.02. The van der Waals surface area contributed by atoms with Crippen molar-refractivity contribution < 1.29 is 27.2 Å². The quantitative estimate of drug-likeness (QED) is 0.628. The molecule has 1 aliphatic heterocycles. The third-order valence-corrected chi connectivity index (χ3v) is 4.94. The molecule has 1 heterocycles. The van der Waals surface area contributed by atoms with Crippen LogP contribution in [0.1, 0.15) is 0 Å². The molecule has 2 N–H and O–H groups in total. The Hall–Kier alpha value is -1.71. The van der Waals surface area contributed by atoms with Gasteiger partial charge in [-0.1, -0.05) is 0 Å². The average Bonchev–Trinajstić information content (AvgIpc) is 2.54. The molecule has 0 aromatic heterocycles. The monoisotopic (exact) mass is 360 g/mol. The summed E-state index contributed by atoms with van der Waals surface area (Å²) in [7, 11) is -3.64. The molecule has 9 heteroatoms. The number of benzene rings is 1. The molecule has 0 bridgehead atoms. The van der Waals surface area contributed by atoms with Crippen molar-refractivity contribution in [2.45, 2.75) is 0 Å². The molecule has 1 fully saturated rings. The van der Waals surface area contributed by atoms with E-state index in [2.05, 4.69) is 5.32 Å². The van der Waals surface area contributed by atoms with Crippen molar-refractivity contribution in [1.29, 1.82) is 0 Å². The highest BCUT2D eigenvalue weighted by molar-refractivity contribution is 7.92. The predicted octanol–water partition coefficient (Wildman–Crippen LogP) is -1.38. The van der Waals surface area contributed by atoms with Gasteiger partial charge in [-0.15, -0.1) is 0 Å². The molecule has 0 spiro atoms. The fourth-order valence-corrected chi connectivity index (χ4v) is 3.34. The summed E-state index contributed by atoms with van der Waals surface area (Å²) in [4.78, 5) is 13.4. The molecule has 0 saturated carbocycles. The Balaban J connectivity index is 1.89. The molecule has 1 aromatic carbocycles. The molecule has 7 nitrogen and oxygen atoms in total. The lowest BCUT2D eigenvalue weighted by Gasteiger charge is -2.24. The fourth-order valence-electron chi connectivity index (χ4n) is 2.48. The summed E-state index contributed by atoms with van der Waals surface area (Å²) >= 11 is 0. The number of halogens is 1. The second kappa shape index (κ2) is 8.41. The summed E-state index contributed by atoms with van der Waals surface area (Å²) in [6.45, 7) is 4.15. The van der Waals surface area contributed by atoms with Gasteiger partial charge < -0.3 is 15.0 Å². The van der Waals surface area contributed by atoms with Crippen LogP contribution in [0.4, 0.5) is 10.1 Å². The maximum Gasteiger partial charge on any atom is 0.240 e. The van der Waals surface area contributed by atoms with Gasteiger partial charge >= 0.3 is 0 Å². The van der Waals surface area contributed by atoms with E-state index in [0.29, 0.717) is 6.54 Å². The lowest BCUT2D eigenvalue weighted by molar-refractivity contribution is -0.906. The number of nitrogens with one attached hydrogen (secondary N) is 2. The number of carbonyl (C=O) groups excluding carboxylic acids is 1. The van der Waals surface area contributed by atoms with Gasteiger partial charge in [0.25, 0.3) is 0 Å². The van der Waals surface area contributed by atoms with E-state index in [0.717, 1.165) is 55.5 Å². The van der Waals surface area contributed by atoms with Crippen LogP contribution >= 0.6 is 0 Å². The minimum Gasteiger partial charge on any atom is -0.370 e. The minimum atomic E-state index is -3.64. The van der Waals surface area contributed by atoms with Crippen molar-refractivity contribution >= 4 is 21.6 Å². The van der Waals surface area contributed by atoms with Crippen LogP contribution in [0.25, 0.3) is 0 Å². The summed E-state index contributed by atoms with van der Waals surface area (Å²) in [6, 6.07) is 4.99. The number of carbonyl (C=O) groups is 1. The van der Waals surface area contributed by atoms with Gasteiger partial charge in [-0.2, -0.15) is 0 Å². The Morgan fingerprint density at radius 2 is 1.92 bits per heavy atom. The van der Waals surface area contributed by atoms with E-state index in [1.54, 1.807) is 0 Å². The molecule has 2 rings (SSSR count). The van der Waals surface area contributed by atoms with Crippen LogP contribution in [-0.2, 0) is 19.6 Å². The number of quaternary nitrogens is 1. The van der Waals surface area contributed by atoms with Crippen LogP contribution < -0.4 is 14.5 Å². The highest BCUT2D eigenvalue weighted by atomic mass is 32.2. The molecule has 1 aliphatic rings. The SMILES string of the molecule is CS(=O)(=O)N(CC(=O)NCC[NH+]1CCOCC1)c1ccc(F)cc1. The molecular formula is C15H23FN3O4S+. The first-order valence-electron chi connectivity index (χ1n) is 7.77. The zero-order valence-electron chi connectivity index (χ0n) is 13.6. The van der Waals surface area contributed by atoms with Gasteiger partial charge in [-0.05, 0) is 24.3 Å². The zero-order valence-corrected chi connectivity index (χ0v) is 14.4. The maximum absolute atomic E-state index is 13.0. The van der Waals surface area contributed by atoms with Crippen molar-refractivity contribution in [2.75, 3.05) is 56.5 Å². The Morgan fingerprint density at radius 1 is 1.29 bits per heavy atom. The summed E-state index contributed by atoms with van der Waals surface area (Å²) in [5.74, 6) is -0.859. The number of hydrogen-bond donors (Lipinski definition) is 2. The van der Waals surface area contributed by atoms with Crippen LogP contribution in [-0.4, -0.2) is 66.5 Å². The number of rotatable bonds is 7. The first-order valence-corrected chi connectivity index (χ1v) is 9.62. The van der Waals surface area contributed by atoms with E-state index >= 15 is 0 Å². The van der Waals surface area contributed by atoms with Crippen LogP contribution in [0.3, 0.4) is 0 Å². The van der Waals surface area contributed by atoms with Crippen LogP contribution in [0, 0.1) is 5.82 Å². The molecular weight excluding hydrogens is 337 g/mol. The molecule has 0 radical (unpaired) electrons. The van der Waals surface area contributed by atoms with Gasteiger partial charge in [0.15, 0.2) is 0 Å². The van der Waals surface area contributed by atoms with Gasteiger partial charge in [0.1, 0.15) is 25.5 Å². The Bertz CT molecular complexity index is 645. The van der Waals surface area contributed by atoms with Gasteiger partial charge in [0.05, 0.1) is 38.2 Å². The number of amides is 1. The highest BCUT2D eigenvalue weighted by Crippen LogP contribution is 2.17. The van der Waals surface area contributed by atoms with Gasteiger partial charge in [-0.3, -0.25) is 9.10 Å².